The van der Waals surface area contributed by atoms with Crippen molar-refractivity contribution in [3.63, 3.8) is 0 Å². The van der Waals surface area contributed by atoms with Gasteiger partial charge >= 0.3 is 0 Å². The Morgan fingerprint density at radius 2 is 2.21 bits per heavy atom. The lowest BCUT2D eigenvalue weighted by Gasteiger charge is -2.00. The number of pyridine rings is 1. The van der Waals surface area contributed by atoms with E-state index in [1.165, 1.54) is 0 Å². The van der Waals surface area contributed by atoms with Crippen molar-refractivity contribution in [2.75, 3.05) is 0 Å². The molecule has 0 radical (unpaired) electrons. The molecule has 0 aromatic carbocycles. The molecule has 0 aliphatic heterocycles. The predicted octanol–water partition coefficient (Wildman–Crippen LogP) is 2.47. The van der Waals surface area contributed by atoms with Gasteiger partial charge in [-0.1, -0.05) is 22.0 Å². The fraction of sp³-hybridized carbons (Fsp3) is 0.200. The monoisotopic (exact) mass is 251 g/mol. The molecule has 0 aliphatic rings. The normalized spacial score (nSPS) is 10.4. The number of rotatable bonds is 2. The van der Waals surface area contributed by atoms with E-state index < -0.39 is 0 Å². The molecule has 0 N–H and O–H groups in total. The van der Waals surface area contributed by atoms with Crippen LogP contribution in [0.1, 0.15) is 11.3 Å². The van der Waals surface area contributed by atoms with E-state index >= 15 is 0 Å². The maximum absolute atomic E-state index is 4.30. The van der Waals surface area contributed by atoms with Gasteiger partial charge in [0.15, 0.2) is 5.82 Å². The molecule has 2 aromatic heterocycles. The zero-order chi connectivity index (χ0) is 9.97. The summed E-state index contributed by atoms with van der Waals surface area (Å²) in [5, 5.41) is 5.11. The molecule has 0 fully saturated rings. The van der Waals surface area contributed by atoms with E-state index in [1.807, 2.05) is 37.5 Å². The summed E-state index contributed by atoms with van der Waals surface area (Å²) in [6, 6.07) is 5.96. The number of aromatic nitrogens is 3. The van der Waals surface area contributed by atoms with Crippen LogP contribution in [-0.2, 0) is 5.33 Å². The molecule has 4 heteroatoms. The standard InChI is InChI=1S/C10H10BrN3/c1-8-4-5-14(13-8)10-3-2-9(6-11)7-12-10/h2-5,7H,6H2,1H3. The Morgan fingerprint density at radius 1 is 1.36 bits per heavy atom. The fourth-order valence-electron chi connectivity index (χ4n) is 1.17. The zero-order valence-corrected chi connectivity index (χ0v) is 9.40. The highest BCUT2D eigenvalue weighted by molar-refractivity contribution is 9.08. The minimum Gasteiger partial charge on any atom is -0.237 e. The molecule has 2 aromatic rings. The van der Waals surface area contributed by atoms with Crippen LogP contribution in [0.25, 0.3) is 5.82 Å². The van der Waals surface area contributed by atoms with Crippen LogP contribution in [0.5, 0.6) is 0 Å². The number of aryl methyl sites for hydroxylation is 1. The highest BCUT2D eigenvalue weighted by Crippen LogP contribution is 2.08. The van der Waals surface area contributed by atoms with E-state index in [2.05, 4.69) is 26.0 Å². The minimum absolute atomic E-state index is 0.832. The number of alkyl halides is 1. The van der Waals surface area contributed by atoms with E-state index in [-0.39, 0.29) is 0 Å². The number of nitrogens with zero attached hydrogens (tertiary/aromatic N) is 3. The van der Waals surface area contributed by atoms with Crippen molar-refractivity contribution in [1.82, 2.24) is 14.8 Å². The summed E-state index contributed by atoms with van der Waals surface area (Å²) in [5.74, 6) is 0.850. The summed E-state index contributed by atoms with van der Waals surface area (Å²) in [7, 11) is 0. The lowest BCUT2D eigenvalue weighted by Crippen LogP contribution is -1.98. The van der Waals surface area contributed by atoms with Gasteiger partial charge in [0.2, 0.25) is 0 Å². The van der Waals surface area contributed by atoms with Crippen molar-refractivity contribution < 1.29 is 0 Å². The van der Waals surface area contributed by atoms with Gasteiger partial charge in [-0.2, -0.15) is 5.10 Å². The van der Waals surface area contributed by atoms with Crippen LogP contribution in [0, 0.1) is 6.92 Å². The van der Waals surface area contributed by atoms with Gasteiger partial charge in [0.05, 0.1) is 5.69 Å². The molecule has 0 bridgehead atoms. The highest BCUT2D eigenvalue weighted by atomic mass is 79.9. The van der Waals surface area contributed by atoms with Gasteiger partial charge in [-0.15, -0.1) is 0 Å². The summed E-state index contributed by atoms with van der Waals surface area (Å²) in [6.45, 7) is 1.96. The number of halogens is 1. The van der Waals surface area contributed by atoms with E-state index in [9.17, 15) is 0 Å². The van der Waals surface area contributed by atoms with E-state index in [4.69, 9.17) is 0 Å². The smallest absolute Gasteiger partial charge is 0.153 e. The molecule has 14 heavy (non-hydrogen) atoms. The first-order valence-electron chi connectivity index (χ1n) is 4.33. The maximum Gasteiger partial charge on any atom is 0.153 e. The van der Waals surface area contributed by atoms with Crippen molar-refractivity contribution >= 4 is 15.9 Å². The van der Waals surface area contributed by atoms with E-state index in [0.717, 1.165) is 22.4 Å². The van der Waals surface area contributed by atoms with E-state index in [1.54, 1.807) is 4.68 Å². The lowest BCUT2D eigenvalue weighted by atomic mass is 10.3. The van der Waals surface area contributed by atoms with Crippen LogP contribution in [0.4, 0.5) is 0 Å². The molecule has 0 amide bonds. The quantitative estimate of drug-likeness (QED) is 0.768. The summed E-state index contributed by atoms with van der Waals surface area (Å²) >= 11 is 3.38. The second-order valence-electron chi connectivity index (χ2n) is 3.06. The van der Waals surface area contributed by atoms with Crippen molar-refractivity contribution in [2.45, 2.75) is 12.3 Å². The summed E-state index contributed by atoms with van der Waals surface area (Å²) in [5.41, 5.74) is 2.16. The molecule has 0 aliphatic carbocycles. The Labute approximate surface area is 90.9 Å². The van der Waals surface area contributed by atoms with Crippen molar-refractivity contribution in [2.24, 2.45) is 0 Å². The zero-order valence-electron chi connectivity index (χ0n) is 7.81. The Morgan fingerprint density at radius 3 is 2.71 bits per heavy atom. The van der Waals surface area contributed by atoms with Gasteiger partial charge in [-0.25, -0.2) is 9.67 Å². The highest BCUT2D eigenvalue weighted by Gasteiger charge is 1.98. The fourth-order valence-corrected chi connectivity index (χ4v) is 1.51. The van der Waals surface area contributed by atoms with Gasteiger partial charge in [0.25, 0.3) is 0 Å². The van der Waals surface area contributed by atoms with Gasteiger partial charge < -0.3 is 0 Å². The molecular formula is C10H10BrN3. The summed E-state index contributed by atoms with van der Waals surface area (Å²) < 4.78 is 1.77. The molecule has 0 unspecified atom stereocenters. The van der Waals surface area contributed by atoms with Gasteiger partial charge in [0.1, 0.15) is 0 Å². The first-order valence-corrected chi connectivity index (χ1v) is 5.45. The Bertz CT molecular complexity index is 419. The van der Waals surface area contributed by atoms with Gasteiger partial charge in [-0.3, -0.25) is 0 Å². The van der Waals surface area contributed by atoms with Crippen LogP contribution in [-0.4, -0.2) is 14.8 Å². The van der Waals surface area contributed by atoms with Crippen LogP contribution >= 0.6 is 15.9 Å². The van der Waals surface area contributed by atoms with Crippen LogP contribution in [0.2, 0.25) is 0 Å². The average Bonchev–Trinajstić information content (AvgIpc) is 2.65. The SMILES string of the molecule is Cc1ccn(-c2ccc(CBr)cn2)n1. The molecule has 2 rings (SSSR count). The van der Waals surface area contributed by atoms with Crippen LogP contribution < -0.4 is 0 Å². The largest absolute Gasteiger partial charge is 0.237 e. The van der Waals surface area contributed by atoms with E-state index in [0.29, 0.717) is 0 Å². The maximum atomic E-state index is 4.30. The third-order valence-corrected chi connectivity index (χ3v) is 2.57. The lowest BCUT2D eigenvalue weighted by molar-refractivity contribution is 0.831. The molecule has 0 spiro atoms. The Balaban J connectivity index is 2.33. The number of hydrogen-bond donors (Lipinski definition) is 0. The summed E-state index contributed by atoms with van der Waals surface area (Å²) in [4.78, 5) is 4.30. The minimum atomic E-state index is 0.832. The first kappa shape index (κ1) is 9.40. The molecule has 3 nitrogen and oxygen atoms in total. The van der Waals surface area contributed by atoms with Gasteiger partial charge in [-0.05, 0) is 24.6 Å². The summed E-state index contributed by atoms with van der Waals surface area (Å²) in [6.07, 6.45) is 3.76. The molecular weight excluding hydrogens is 242 g/mol. The molecule has 0 atom stereocenters. The topological polar surface area (TPSA) is 30.7 Å². The van der Waals surface area contributed by atoms with Gasteiger partial charge in [0, 0.05) is 17.7 Å². The third-order valence-electron chi connectivity index (χ3n) is 1.92. The first-order chi connectivity index (χ1) is 6.79. The molecule has 0 saturated carbocycles. The number of hydrogen-bond acceptors (Lipinski definition) is 2. The molecule has 0 saturated heterocycles. The van der Waals surface area contributed by atoms with Crippen LogP contribution in [0.3, 0.4) is 0 Å². The molecule has 72 valence electrons. The van der Waals surface area contributed by atoms with Crippen molar-refractivity contribution in [3.05, 3.63) is 41.9 Å². The van der Waals surface area contributed by atoms with Crippen LogP contribution in [0.15, 0.2) is 30.6 Å². The average molecular weight is 252 g/mol. The third kappa shape index (κ3) is 1.85. The van der Waals surface area contributed by atoms with Crippen molar-refractivity contribution in [3.8, 4) is 5.82 Å². The predicted molar refractivity (Wildman–Crippen MR) is 58.7 cm³/mol. The second kappa shape index (κ2) is 3.92. The molecule has 2 heterocycles. The van der Waals surface area contributed by atoms with Crippen molar-refractivity contribution in [1.29, 1.82) is 0 Å². The second-order valence-corrected chi connectivity index (χ2v) is 3.62. The Kier molecular flexibility index (Phi) is 2.63. The Hall–Kier alpha value is -1.16.